The molecule has 0 aliphatic rings. The Morgan fingerprint density at radius 3 is 1.97 bits per heavy atom. The first-order valence-corrected chi connectivity index (χ1v) is 12.8. The van der Waals surface area contributed by atoms with E-state index >= 15 is 0 Å². The molecule has 4 aromatic rings. The molecule has 0 fully saturated rings. The van der Waals surface area contributed by atoms with Crippen molar-refractivity contribution in [2.24, 2.45) is 5.92 Å². The van der Waals surface area contributed by atoms with E-state index in [1.165, 1.54) is 0 Å². The molecule has 0 saturated heterocycles. The van der Waals surface area contributed by atoms with Crippen LogP contribution in [0.1, 0.15) is 75.8 Å². The number of nitrogens with one attached hydrogen (secondary N) is 1. The van der Waals surface area contributed by atoms with Gasteiger partial charge in [0.05, 0.1) is 5.69 Å². The molecule has 1 N–H and O–H groups in total. The number of benzene rings is 2. The zero-order valence-electron chi connectivity index (χ0n) is 22.2. The van der Waals surface area contributed by atoms with Crippen LogP contribution in [0, 0.1) is 5.92 Å². The van der Waals surface area contributed by atoms with Crippen molar-refractivity contribution < 1.29 is 13.2 Å². The molecular weight excluding hydrogens is 471 g/mol. The minimum Gasteiger partial charge on any atom is -0.272 e. The van der Waals surface area contributed by atoms with Gasteiger partial charge in [-0.05, 0) is 58.1 Å². The number of rotatable bonds is 7. The van der Waals surface area contributed by atoms with Crippen LogP contribution in [0.3, 0.4) is 0 Å². The molecule has 2 aromatic carbocycles. The van der Waals surface area contributed by atoms with E-state index in [-0.39, 0.29) is 23.1 Å². The van der Waals surface area contributed by atoms with Crippen LogP contribution < -0.4 is 0 Å². The zero-order chi connectivity index (χ0) is 26.9. The van der Waals surface area contributed by atoms with Crippen molar-refractivity contribution in [3.05, 3.63) is 83.2 Å². The Bertz CT molecular complexity index is 1340. The molecule has 0 aliphatic carbocycles. The largest absolute Gasteiger partial charge is 0.433 e. The van der Waals surface area contributed by atoms with Crippen LogP contribution in [0.25, 0.3) is 33.6 Å². The summed E-state index contributed by atoms with van der Waals surface area (Å²) >= 11 is 0. The fourth-order valence-electron chi connectivity index (χ4n) is 4.93. The molecule has 0 atom stereocenters. The van der Waals surface area contributed by atoms with Gasteiger partial charge in [-0.2, -0.15) is 18.3 Å². The third-order valence-electron chi connectivity index (χ3n) is 6.62. The second-order valence-electron chi connectivity index (χ2n) is 10.6. The van der Waals surface area contributed by atoms with Crippen molar-refractivity contribution in [1.82, 2.24) is 15.2 Å². The lowest BCUT2D eigenvalue weighted by Gasteiger charge is -2.21. The predicted octanol–water partition coefficient (Wildman–Crippen LogP) is 9.27. The second kappa shape index (κ2) is 10.5. The summed E-state index contributed by atoms with van der Waals surface area (Å²) in [5, 5.41) is 6.58. The number of hydrogen-bond acceptors (Lipinski definition) is 2. The SMILES string of the molecule is CC(C)Cc1cc(-c2n[nH]c(C(F)(F)F)c2-c2c(C(C)C)cccc2C(C)C)ncc1-c1ccccc1. The molecule has 3 nitrogen and oxygen atoms in total. The predicted molar refractivity (Wildman–Crippen MR) is 144 cm³/mol. The van der Waals surface area contributed by atoms with E-state index in [0.29, 0.717) is 17.2 Å². The molecule has 0 spiro atoms. The summed E-state index contributed by atoms with van der Waals surface area (Å²) < 4.78 is 43.1. The number of aromatic amines is 1. The Kier molecular flexibility index (Phi) is 7.58. The van der Waals surface area contributed by atoms with Crippen molar-refractivity contribution in [3.63, 3.8) is 0 Å². The molecule has 6 heteroatoms. The first-order chi connectivity index (χ1) is 17.5. The molecule has 194 valence electrons. The second-order valence-corrected chi connectivity index (χ2v) is 10.6. The summed E-state index contributed by atoms with van der Waals surface area (Å²) in [7, 11) is 0. The summed E-state index contributed by atoms with van der Waals surface area (Å²) in [5.41, 5.74) is 5.28. The number of alkyl halides is 3. The van der Waals surface area contributed by atoms with Gasteiger partial charge in [0, 0.05) is 17.3 Å². The zero-order valence-corrected chi connectivity index (χ0v) is 22.2. The van der Waals surface area contributed by atoms with Gasteiger partial charge in [0.2, 0.25) is 0 Å². The standard InChI is InChI=1S/C31H34F3N3/c1-18(2)15-22-16-26(35-17-25(22)21-11-8-7-9-12-21)29-28(30(37-36-29)31(32,33)34)27-23(19(3)4)13-10-14-24(27)20(5)6/h7-14,16-20H,15H2,1-6H3,(H,36,37). The number of nitrogens with zero attached hydrogens (tertiary/aromatic N) is 2. The minimum atomic E-state index is -4.59. The number of hydrogen-bond donors (Lipinski definition) is 1. The Balaban J connectivity index is 2.02. The Labute approximate surface area is 217 Å². The lowest BCUT2D eigenvalue weighted by molar-refractivity contribution is -0.140. The molecule has 37 heavy (non-hydrogen) atoms. The van der Waals surface area contributed by atoms with Crippen LogP contribution >= 0.6 is 0 Å². The van der Waals surface area contributed by atoms with Crippen molar-refractivity contribution in [1.29, 1.82) is 0 Å². The summed E-state index contributed by atoms with van der Waals surface area (Å²) in [6.07, 6.45) is -2.05. The van der Waals surface area contributed by atoms with Gasteiger partial charge in [-0.3, -0.25) is 10.1 Å². The molecule has 2 heterocycles. The van der Waals surface area contributed by atoms with Gasteiger partial charge in [-0.25, -0.2) is 0 Å². The van der Waals surface area contributed by atoms with Gasteiger partial charge in [0.15, 0.2) is 0 Å². The fourth-order valence-corrected chi connectivity index (χ4v) is 4.93. The fraction of sp³-hybridized carbons (Fsp3) is 0.355. The normalized spacial score (nSPS) is 12.2. The van der Waals surface area contributed by atoms with E-state index in [1.54, 1.807) is 6.20 Å². The van der Waals surface area contributed by atoms with Crippen LogP contribution in [0.15, 0.2) is 60.8 Å². The lowest BCUT2D eigenvalue weighted by atomic mass is 9.83. The summed E-state index contributed by atoms with van der Waals surface area (Å²) in [6, 6.07) is 17.6. The number of H-pyrrole nitrogens is 1. The average Bonchev–Trinajstić information content (AvgIpc) is 3.29. The molecule has 4 rings (SSSR count). The molecule has 0 bridgehead atoms. The van der Waals surface area contributed by atoms with E-state index in [9.17, 15) is 13.2 Å². The highest BCUT2D eigenvalue weighted by Crippen LogP contribution is 2.46. The third-order valence-corrected chi connectivity index (χ3v) is 6.62. The highest BCUT2D eigenvalue weighted by molar-refractivity contribution is 5.86. The molecule has 0 unspecified atom stereocenters. The van der Waals surface area contributed by atoms with Gasteiger partial charge in [-0.1, -0.05) is 90.1 Å². The molecule has 0 radical (unpaired) electrons. The van der Waals surface area contributed by atoms with E-state index in [0.717, 1.165) is 34.2 Å². The van der Waals surface area contributed by atoms with Crippen LogP contribution in [-0.4, -0.2) is 15.2 Å². The van der Waals surface area contributed by atoms with Gasteiger partial charge in [0.1, 0.15) is 11.4 Å². The van der Waals surface area contributed by atoms with E-state index in [1.807, 2.05) is 82.3 Å². The topological polar surface area (TPSA) is 41.6 Å². The summed E-state index contributed by atoms with van der Waals surface area (Å²) in [6.45, 7) is 12.3. The molecule has 0 saturated carbocycles. The van der Waals surface area contributed by atoms with Crippen molar-refractivity contribution in [3.8, 4) is 33.6 Å². The van der Waals surface area contributed by atoms with Crippen LogP contribution in [0.2, 0.25) is 0 Å². The maximum Gasteiger partial charge on any atom is 0.433 e. The molecule has 2 aromatic heterocycles. The van der Waals surface area contributed by atoms with Crippen molar-refractivity contribution >= 4 is 0 Å². The first kappa shape index (κ1) is 26.6. The summed E-state index contributed by atoms with van der Waals surface area (Å²) in [4.78, 5) is 4.67. The van der Waals surface area contributed by atoms with Crippen molar-refractivity contribution in [2.75, 3.05) is 0 Å². The maximum atomic E-state index is 14.4. The van der Waals surface area contributed by atoms with Gasteiger partial charge in [-0.15, -0.1) is 0 Å². The quantitative estimate of drug-likeness (QED) is 0.272. The van der Waals surface area contributed by atoms with E-state index in [2.05, 4.69) is 29.0 Å². The molecule has 0 aliphatic heterocycles. The van der Waals surface area contributed by atoms with Crippen LogP contribution in [0.5, 0.6) is 0 Å². The maximum absolute atomic E-state index is 14.4. The lowest BCUT2D eigenvalue weighted by Crippen LogP contribution is -2.10. The van der Waals surface area contributed by atoms with Gasteiger partial charge in [0.25, 0.3) is 0 Å². The minimum absolute atomic E-state index is 0.0300. The smallest absolute Gasteiger partial charge is 0.272 e. The van der Waals surface area contributed by atoms with Gasteiger partial charge < -0.3 is 0 Å². The van der Waals surface area contributed by atoms with Crippen LogP contribution in [0.4, 0.5) is 13.2 Å². The highest BCUT2D eigenvalue weighted by atomic mass is 19.4. The number of halogens is 3. The Morgan fingerprint density at radius 2 is 1.43 bits per heavy atom. The summed E-state index contributed by atoms with van der Waals surface area (Å²) in [5.74, 6) is 0.418. The van der Waals surface area contributed by atoms with Crippen LogP contribution in [-0.2, 0) is 12.6 Å². The first-order valence-electron chi connectivity index (χ1n) is 12.8. The molecular formula is C31H34F3N3. The average molecular weight is 506 g/mol. The van der Waals surface area contributed by atoms with E-state index < -0.39 is 11.9 Å². The highest BCUT2D eigenvalue weighted by Gasteiger charge is 2.39. The van der Waals surface area contributed by atoms with Gasteiger partial charge >= 0.3 is 6.18 Å². The van der Waals surface area contributed by atoms with E-state index in [4.69, 9.17) is 0 Å². The Morgan fingerprint density at radius 1 is 0.811 bits per heavy atom. The monoisotopic (exact) mass is 505 g/mol. The number of aromatic nitrogens is 3. The molecule has 0 amide bonds. The Hall–Kier alpha value is -3.41. The van der Waals surface area contributed by atoms with Crippen molar-refractivity contribution in [2.45, 2.75) is 66.0 Å². The third kappa shape index (κ3) is 5.48. The number of pyridine rings is 1.